The van der Waals surface area contributed by atoms with Crippen molar-refractivity contribution in [1.82, 2.24) is 9.13 Å². The predicted octanol–water partition coefficient (Wildman–Crippen LogP) is 2.92. The molecule has 0 unspecified atom stereocenters. The van der Waals surface area contributed by atoms with Crippen molar-refractivity contribution in [3.63, 3.8) is 0 Å². The van der Waals surface area contributed by atoms with Crippen LogP contribution in [0.15, 0.2) is 57.9 Å². The molecule has 4 rings (SSSR count). The Kier molecular flexibility index (Phi) is 4.76. The maximum atomic E-state index is 13.7. The summed E-state index contributed by atoms with van der Waals surface area (Å²) in [5.74, 6) is -2.35. The number of aryl methyl sites for hydroxylation is 2. The second-order valence-corrected chi connectivity index (χ2v) is 7.13. The van der Waals surface area contributed by atoms with Gasteiger partial charge in [0.15, 0.2) is 5.71 Å². The highest BCUT2D eigenvalue weighted by molar-refractivity contribution is 6.34. The van der Waals surface area contributed by atoms with Gasteiger partial charge in [-0.25, -0.2) is 9.59 Å². The predicted molar refractivity (Wildman–Crippen MR) is 111 cm³/mol. The van der Waals surface area contributed by atoms with Gasteiger partial charge < -0.3 is 5.11 Å². The highest BCUT2D eigenvalue weighted by Crippen LogP contribution is 2.33. The van der Waals surface area contributed by atoms with E-state index in [1.165, 1.54) is 46.5 Å². The van der Waals surface area contributed by atoms with Crippen LogP contribution in [0.2, 0.25) is 0 Å². The van der Waals surface area contributed by atoms with Crippen molar-refractivity contribution in [2.45, 2.75) is 6.18 Å². The first-order valence-corrected chi connectivity index (χ1v) is 9.20. The molecule has 1 aliphatic heterocycles. The molecule has 3 aromatic rings. The number of carboxylic acids is 1. The third-order valence-electron chi connectivity index (χ3n) is 5.09. The molecule has 1 N–H and O–H groups in total. The summed E-state index contributed by atoms with van der Waals surface area (Å²) in [5.41, 5.74) is -1.39. The first-order chi connectivity index (χ1) is 15.0. The number of hydrogen-bond acceptors (Lipinski definition) is 4. The first kappa shape index (κ1) is 21.1. The van der Waals surface area contributed by atoms with Crippen molar-refractivity contribution in [3.8, 4) is 0 Å². The minimum Gasteiger partial charge on any atom is -0.478 e. The van der Waals surface area contributed by atoms with Gasteiger partial charge in [-0.3, -0.25) is 13.9 Å². The Labute approximate surface area is 178 Å². The molecule has 1 amide bonds. The van der Waals surface area contributed by atoms with E-state index in [1.807, 2.05) is 0 Å². The Morgan fingerprint density at radius 1 is 1.03 bits per heavy atom. The third kappa shape index (κ3) is 3.37. The lowest BCUT2D eigenvalue weighted by molar-refractivity contribution is -0.114. The van der Waals surface area contributed by atoms with Gasteiger partial charge >= 0.3 is 17.8 Å². The average molecular weight is 444 g/mol. The van der Waals surface area contributed by atoms with Crippen molar-refractivity contribution < 1.29 is 27.9 Å². The highest BCUT2D eigenvalue weighted by Gasteiger charge is 2.46. The zero-order valence-corrected chi connectivity index (χ0v) is 16.7. The lowest BCUT2D eigenvalue weighted by Crippen LogP contribution is -2.25. The maximum Gasteiger partial charge on any atom is 0.435 e. The number of benzene rings is 2. The number of halogens is 3. The monoisotopic (exact) mass is 444 g/mol. The number of fused-ring (bicyclic) bond motifs is 1. The minimum absolute atomic E-state index is 0.110. The van der Waals surface area contributed by atoms with Crippen molar-refractivity contribution in [2.75, 3.05) is 5.01 Å². The molecule has 164 valence electrons. The van der Waals surface area contributed by atoms with Gasteiger partial charge in [0.25, 0.3) is 5.91 Å². The van der Waals surface area contributed by atoms with Crippen LogP contribution in [-0.4, -0.2) is 38.0 Å². The van der Waals surface area contributed by atoms with Crippen LogP contribution in [0.25, 0.3) is 17.1 Å². The quantitative estimate of drug-likeness (QED) is 0.629. The summed E-state index contributed by atoms with van der Waals surface area (Å²) in [6.07, 6.45) is -3.88. The van der Waals surface area contributed by atoms with Gasteiger partial charge in [0.05, 0.1) is 27.9 Å². The largest absolute Gasteiger partial charge is 0.478 e. The summed E-state index contributed by atoms with van der Waals surface area (Å²) in [4.78, 5) is 36.2. The van der Waals surface area contributed by atoms with Gasteiger partial charge in [0.1, 0.15) is 0 Å². The molecule has 0 fully saturated rings. The second-order valence-electron chi connectivity index (χ2n) is 7.13. The Balaban J connectivity index is 1.83. The first-order valence-electron chi connectivity index (χ1n) is 9.20. The molecule has 0 saturated carbocycles. The van der Waals surface area contributed by atoms with Crippen LogP contribution in [0.1, 0.15) is 15.9 Å². The van der Waals surface area contributed by atoms with E-state index in [0.717, 1.165) is 12.1 Å². The fourth-order valence-electron chi connectivity index (χ4n) is 3.48. The number of alkyl halides is 3. The van der Waals surface area contributed by atoms with E-state index in [4.69, 9.17) is 5.11 Å². The molecule has 0 radical (unpaired) electrons. The topological polar surface area (TPSA) is 96.9 Å². The molecule has 0 bridgehead atoms. The van der Waals surface area contributed by atoms with Crippen LogP contribution in [0.4, 0.5) is 18.9 Å². The van der Waals surface area contributed by atoms with Crippen molar-refractivity contribution in [3.05, 3.63) is 69.6 Å². The Morgan fingerprint density at radius 2 is 1.72 bits per heavy atom. The van der Waals surface area contributed by atoms with Crippen LogP contribution < -0.4 is 10.7 Å². The lowest BCUT2D eigenvalue weighted by atomic mass is 10.1. The van der Waals surface area contributed by atoms with E-state index >= 15 is 0 Å². The molecule has 1 aliphatic rings. The number of nitrogens with zero attached hydrogens (tertiary/aromatic N) is 4. The Bertz CT molecular complexity index is 1410. The van der Waals surface area contributed by atoms with Gasteiger partial charge in [-0.15, -0.1) is 0 Å². The summed E-state index contributed by atoms with van der Waals surface area (Å²) >= 11 is 0. The fourth-order valence-corrected chi connectivity index (χ4v) is 3.48. The number of rotatable bonds is 3. The zero-order chi connectivity index (χ0) is 23.4. The van der Waals surface area contributed by atoms with Gasteiger partial charge in [-0.2, -0.15) is 23.3 Å². The van der Waals surface area contributed by atoms with E-state index in [0.29, 0.717) is 16.0 Å². The van der Waals surface area contributed by atoms with Crippen LogP contribution in [-0.2, 0) is 18.9 Å². The summed E-state index contributed by atoms with van der Waals surface area (Å²) in [7, 11) is 3.10. The fraction of sp³-hybridized carbons (Fsp3) is 0.143. The van der Waals surface area contributed by atoms with E-state index in [-0.39, 0.29) is 22.5 Å². The number of carboxylic acid groups (broad SMARTS) is 1. The molecular weight excluding hydrogens is 429 g/mol. The van der Waals surface area contributed by atoms with Gasteiger partial charge in [0, 0.05) is 14.1 Å². The second kappa shape index (κ2) is 7.22. The van der Waals surface area contributed by atoms with Crippen molar-refractivity contribution in [2.24, 2.45) is 19.2 Å². The Hall–Kier alpha value is -4.15. The number of aromatic carboxylic acids is 1. The average Bonchev–Trinajstić information content (AvgIpc) is 3.18. The normalized spacial score (nSPS) is 15.7. The molecular formula is C21H15F3N4O4. The summed E-state index contributed by atoms with van der Waals surface area (Å²) < 4.78 is 43.7. The molecule has 1 aromatic heterocycles. The standard InChI is InChI=1S/C21H15F3N4O4/c1-26-15-7-6-11(9-16(15)27(2)20(26)32)8-14-17(21(22,23)24)25-28(18(14)29)13-5-3-4-12(10-13)19(30)31/h3-10H,1-2H3,(H,30,31)/b14-8-. The number of carbonyl (C=O) groups excluding carboxylic acids is 1. The summed E-state index contributed by atoms with van der Waals surface area (Å²) in [5, 5.41) is 13.1. The molecule has 0 spiro atoms. The maximum absolute atomic E-state index is 13.7. The number of anilines is 1. The van der Waals surface area contributed by atoms with E-state index in [9.17, 15) is 27.6 Å². The Morgan fingerprint density at radius 3 is 2.38 bits per heavy atom. The molecule has 8 nitrogen and oxygen atoms in total. The SMILES string of the molecule is Cn1c(=O)n(C)c2cc(/C=C3\C(=O)N(c4cccc(C(=O)O)c4)N=C3C(F)(F)F)ccc21. The van der Waals surface area contributed by atoms with Gasteiger partial charge in [-0.05, 0) is 42.0 Å². The minimum atomic E-state index is -4.93. The lowest BCUT2D eigenvalue weighted by Gasteiger charge is -2.12. The molecule has 0 atom stereocenters. The molecule has 0 aliphatic carbocycles. The van der Waals surface area contributed by atoms with E-state index < -0.39 is 29.3 Å². The van der Waals surface area contributed by atoms with Gasteiger partial charge in [-0.1, -0.05) is 12.1 Å². The number of amides is 1. The third-order valence-corrected chi connectivity index (χ3v) is 5.09. The zero-order valence-electron chi connectivity index (χ0n) is 16.7. The molecule has 11 heteroatoms. The van der Waals surface area contributed by atoms with Crippen molar-refractivity contribution >= 4 is 40.4 Å². The van der Waals surface area contributed by atoms with E-state index in [1.54, 1.807) is 13.1 Å². The van der Waals surface area contributed by atoms with Gasteiger partial charge in [0.2, 0.25) is 0 Å². The number of carbonyl (C=O) groups is 2. The van der Waals surface area contributed by atoms with Crippen LogP contribution in [0.5, 0.6) is 0 Å². The smallest absolute Gasteiger partial charge is 0.435 e. The van der Waals surface area contributed by atoms with Crippen LogP contribution >= 0.6 is 0 Å². The molecule has 2 heterocycles. The molecule has 32 heavy (non-hydrogen) atoms. The number of hydrogen-bond donors (Lipinski definition) is 1. The number of hydrazone groups is 1. The van der Waals surface area contributed by atoms with Crippen molar-refractivity contribution in [1.29, 1.82) is 0 Å². The van der Waals surface area contributed by atoms with E-state index in [2.05, 4.69) is 5.10 Å². The molecule has 2 aromatic carbocycles. The number of imidazole rings is 1. The van der Waals surface area contributed by atoms with Crippen LogP contribution in [0.3, 0.4) is 0 Å². The van der Waals surface area contributed by atoms with Crippen LogP contribution in [0, 0.1) is 0 Å². The summed E-state index contributed by atoms with van der Waals surface area (Å²) in [6.45, 7) is 0. The number of aromatic nitrogens is 2. The summed E-state index contributed by atoms with van der Waals surface area (Å²) in [6, 6.07) is 9.46. The highest BCUT2D eigenvalue weighted by atomic mass is 19.4. The molecule has 0 saturated heterocycles.